The molecule has 0 aliphatic rings. The summed E-state index contributed by atoms with van der Waals surface area (Å²) in [4.78, 5) is 13.9. The second kappa shape index (κ2) is 7.00. The lowest BCUT2D eigenvalue weighted by Crippen LogP contribution is -2.04. The van der Waals surface area contributed by atoms with Gasteiger partial charge in [-0.25, -0.2) is 19.3 Å². The Hall–Kier alpha value is -2.42. The number of alkyl halides is 4. The minimum Gasteiger partial charge on any atom is -0.366 e. The number of rotatable bonds is 4. The average Bonchev–Trinajstić information content (AvgIpc) is 2.96. The number of hydrogen-bond acceptors (Lipinski definition) is 4. The lowest BCUT2D eigenvalue weighted by atomic mass is 10.2. The highest BCUT2D eigenvalue weighted by molar-refractivity contribution is 5.85. The summed E-state index contributed by atoms with van der Waals surface area (Å²) in [7, 11) is 0. The molecular weight excluding hydrogens is 350 g/mol. The third-order valence-corrected chi connectivity index (χ3v) is 3.17. The van der Waals surface area contributed by atoms with Gasteiger partial charge in [0.25, 0.3) is 0 Å². The summed E-state index contributed by atoms with van der Waals surface area (Å²) >= 11 is 0. The minimum atomic E-state index is -4.44. The first-order chi connectivity index (χ1) is 11.0. The van der Waals surface area contributed by atoms with Gasteiger partial charge in [-0.3, -0.25) is 0 Å². The molecule has 128 valence electrons. The van der Waals surface area contributed by atoms with Gasteiger partial charge in [0.15, 0.2) is 0 Å². The highest BCUT2D eigenvalue weighted by Gasteiger charge is 2.32. The Bertz CT molecular complexity index is 833. The van der Waals surface area contributed by atoms with Gasteiger partial charge in [-0.15, -0.1) is 12.4 Å². The van der Waals surface area contributed by atoms with Gasteiger partial charge in [0.2, 0.25) is 0 Å². The van der Waals surface area contributed by atoms with Crippen LogP contribution in [-0.4, -0.2) is 19.9 Å². The van der Waals surface area contributed by atoms with Crippen molar-refractivity contribution in [1.29, 1.82) is 0 Å². The predicted molar refractivity (Wildman–Crippen MR) is 82.5 cm³/mol. The SMILES string of the molecule is Cl.FCc1cc(NCc2cnc3[nH]c(C(F)(F)F)cc3c2)ncn1. The second-order valence-electron chi connectivity index (χ2n) is 4.84. The van der Waals surface area contributed by atoms with Gasteiger partial charge < -0.3 is 10.3 Å². The molecule has 0 saturated heterocycles. The maximum absolute atomic E-state index is 12.7. The number of aromatic amines is 1. The Morgan fingerprint density at radius 3 is 2.58 bits per heavy atom. The number of anilines is 1. The Kier molecular flexibility index (Phi) is 5.23. The standard InChI is InChI=1S/C14H11F4N5.ClH/c15-4-10-3-12(22-7-21-10)19-5-8-1-9-2-11(14(16,17)18)23-13(9)20-6-8;/h1-3,6-7H,4-5H2,(H,20,23)(H,19,21,22);1H. The van der Waals surface area contributed by atoms with Crippen LogP contribution < -0.4 is 5.32 Å². The van der Waals surface area contributed by atoms with Gasteiger partial charge in [-0.2, -0.15) is 13.2 Å². The molecule has 0 saturated carbocycles. The molecule has 0 spiro atoms. The van der Waals surface area contributed by atoms with Crippen LogP contribution in [0.2, 0.25) is 0 Å². The molecule has 0 aliphatic heterocycles. The van der Waals surface area contributed by atoms with Gasteiger partial charge in [0.05, 0.1) is 5.69 Å². The molecule has 3 rings (SSSR count). The largest absolute Gasteiger partial charge is 0.431 e. The summed E-state index contributed by atoms with van der Waals surface area (Å²) in [6.07, 6.45) is -1.74. The molecule has 0 amide bonds. The van der Waals surface area contributed by atoms with Crippen molar-refractivity contribution in [1.82, 2.24) is 19.9 Å². The number of aromatic nitrogens is 4. The third-order valence-electron chi connectivity index (χ3n) is 3.17. The van der Waals surface area contributed by atoms with Crippen LogP contribution in [0.4, 0.5) is 23.4 Å². The highest BCUT2D eigenvalue weighted by atomic mass is 35.5. The van der Waals surface area contributed by atoms with Crippen LogP contribution in [0.25, 0.3) is 11.0 Å². The van der Waals surface area contributed by atoms with Crippen LogP contribution in [0.5, 0.6) is 0 Å². The van der Waals surface area contributed by atoms with E-state index in [1.54, 1.807) is 6.07 Å². The van der Waals surface area contributed by atoms with E-state index in [4.69, 9.17) is 0 Å². The van der Waals surface area contributed by atoms with Crippen LogP contribution in [0, 0.1) is 0 Å². The summed E-state index contributed by atoms with van der Waals surface area (Å²) < 4.78 is 50.5. The van der Waals surface area contributed by atoms with E-state index in [9.17, 15) is 17.6 Å². The van der Waals surface area contributed by atoms with Gasteiger partial charge in [-0.05, 0) is 17.7 Å². The monoisotopic (exact) mass is 361 g/mol. The van der Waals surface area contributed by atoms with Gasteiger partial charge in [0.1, 0.15) is 30.2 Å². The van der Waals surface area contributed by atoms with Crippen molar-refractivity contribution in [2.45, 2.75) is 19.4 Å². The van der Waals surface area contributed by atoms with Crippen molar-refractivity contribution < 1.29 is 17.6 Å². The van der Waals surface area contributed by atoms with Crippen LogP contribution in [0.1, 0.15) is 17.0 Å². The molecule has 5 nitrogen and oxygen atoms in total. The first-order valence-corrected chi connectivity index (χ1v) is 6.61. The number of nitrogens with one attached hydrogen (secondary N) is 2. The maximum atomic E-state index is 12.7. The van der Waals surface area contributed by atoms with E-state index in [-0.39, 0.29) is 30.3 Å². The number of fused-ring (bicyclic) bond motifs is 1. The van der Waals surface area contributed by atoms with E-state index in [1.165, 1.54) is 18.6 Å². The first-order valence-electron chi connectivity index (χ1n) is 6.61. The van der Waals surface area contributed by atoms with Crippen molar-refractivity contribution in [2.24, 2.45) is 0 Å². The molecule has 0 fully saturated rings. The zero-order chi connectivity index (χ0) is 16.4. The molecular formula is C14H12ClF4N5. The van der Waals surface area contributed by atoms with Crippen molar-refractivity contribution in [2.75, 3.05) is 5.32 Å². The van der Waals surface area contributed by atoms with E-state index in [2.05, 4.69) is 25.3 Å². The fourth-order valence-corrected chi connectivity index (χ4v) is 2.07. The summed E-state index contributed by atoms with van der Waals surface area (Å²) in [6.45, 7) is -0.410. The maximum Gasteiger partial charge on any atom is 0.431 e. The van der Waals surface area contributed by atoms with Crippen molar-refractivity contribution in [3.8, 4) is 0 Å². The topological polar surface area (TPSA) is 66.5 Å². The highest BCUT2D eigenvalue weighted by Crippen LogP contribution is 2.30. The van der Waals surface area contributed by atoms with Gasteiger partial charge in [-0.1, -0.05) is 0 Å². The normalized spacial score (nSPS) is 11.3. The van der Waals surface area contributed by atoms with Crippen LogP contribution in [0.3, 0.4) is 0 Å². The molecule has 0 aromatic carbocycles. The minimum absolute atomic E-state index is 0. The molecule has 3 aromatic heterocycles. The smallest absolute Gasteiger partial charge is 0.366 e. The number of pyridine rings is 1. The third kappa shape index (κ3) is 3.91. The molecule has 0 aliphatic carbocycles. The molecule has 0 radical (unpaired) electrons. The fourth-order valence-electron chi connectivity index (χ4n) is 2.07. The summed E-state index contributed by atoms with van der Waals surface area (Å²) in [5, 5.41) is 3.31. The van der Waals surface area contributed by atoms with E-state index in [0.29, 0.717) is 16.8 Å². The van der Waals surface area contributed by atoms with Crippen LogP contribution >= 0.6 is 12.4 Å². The fraction of sp³-hybridized carbons (Fsp3) is 0.214. The summed E-state index contributed by atoms with van der Waals surface area (Å²) in [5.74, 6) is 0.429. The Labute approximate surface area is 139 Å². The zero-order valence-corrected chi connectivity index (χ0v) is 12.9. The predicted octanol–water partition coefficient (Wildman–Crippen LogP) is 3.88. The Balaban J connectivity index is 0.00000208. The van der Waals surface area contributed by atoms with E-state index in [1.807, 2.05) is 0 Å². The molecule has 10 heteroatoms. The first kappa shape index (κ1) is 17.9. The zero-order valence-electron chi connectivity index (χ0n) is 12.1. The number of nitrogens with zero attached hydrogens (tertiary/aromatic N) is 3. The molecule has 3 heterocycles. The quantitative estimate of drug-likeness (QED) is 0.692. The molecule has 0 atom stereocenters. The lowest BCUT2D eigenvalue weighted by Gasteiger charge is -2.06. The van der Waals surface area contributed by atoms with Crippen LogP contribution in [-0.2, 0) is 19.4 Å². The van der Waals surface area contributed by atoms with E-state index < -0.39 is 18.5 Å². The molecule has 0 bridgehead atoms. The van der Waals surface area contributed by atoms with Gasteiger partial charge >= 0.3 is 6.18 Å². The molecule has 3 aromatic rings. The van der Waals surface area contributed by atoms with Crippen molar-refractivity contribution in [3.63, 3.8) is 0 Å². The molecule has 24 heavy (non-hydrogen) atoms. The van der Waals surface area contributed by atoms with Gasteiger partial charge in [0, 0.05) is 24.2 Å². The Morgan fingerprint density at radius 2 is 1.88 bits per heavy atom. The number of halogens is 5. The van der Waals surface area contributed by atoms with E-state index in [0.717, 1.165) is 6.07 Å². The summed E-state index contributed by atoms with van der Waals surface area (Å²) in [6, 6.07) is 4.07. The Morgan fingerprint density at radius 1 is 1.08 bits per heavy atom. The van der Waals surface area contributed by atoms with Crippen molar-refractivity contribution >= 4 is 29.3 Å². The van der Waals surface area contributed by atoms with Crippen LogP contribution in [0.15, 0.2) is 30.7 Å². The summed E-state index contributed by atoms with van der Waals surface area (Å²) in [5.41, 5.74) is 0.249. The molecule has 2 N–H and O–H groups in total. The number of hydrogen-bond donors (Lipinski definition) is 2. The molecule has 0 unspecified atom stereocenters. The van der Waals surface area contributed by atoms with E-state index >= 15 is 0 Å². The average molecular weight is 362 g/mol. The van der Waals surface area contributed by atoms with Crippen molar-refractivity contribution in [3.05, 3.63) is 47.7 Å². The number of H-pyrrole nitrogens is 1. The lowest BCUT2D eigenvalue weighted by molar-refractivity contribution is -0.140. The second-order valence-corrected chi connectivity index (χ2v) is 4.84.